The average molecular weight is 283 g/mol. The maximum atomic E-state index is 12.3. The highest BCUT2D eigenvalue weighted by Gasteiger charge is 2.22. The molecule has 0 aromatic rings. The highest BCUT2D eigenvalue weighted by molar-refractivity contribution is 5.83. The van der Waals surface area contributed by atoms with E-state index >= 15 is 0 Å². The van der Waals surface area contributed by atoms with E-state index in [2.05, 4.69) is 10.6 Å². The smallest absolute Gasteiger partial charge is 0.239 e. The summed E-state index contributed by atoms with van der Waals surface area (Å²) in [4.78, 5) is 25.9. The lowest BCUT2D eigenvalue weighted by molar-refractivity contribution is -0.133. The molecule has 1 atom stereocenters. The van der Waals surface area contributed by atoms with E-state index in [1.807, 2.05) is 32.6 Å². The minimum Gasteiger partial charge on any atom is -0.350 e. The van der Waals surface area contributed by atoms with Gasteiger partial charge in [-0.3, -0.25) is 14.9 Å². The fourth-order valence-electron chi connectivity index (χ4n) is 2.36. The van der Waals surface area contributed by atoms with Crippen LogP contribution in [-0.2, 0) is 9.59 Å². The van der Waals surface area contributed by atoms with Gasteiger partial charge in [0.1, 0.15) is 0 Å². The third kappa shape index (κ3) is 6.37. The molecule has 0 aliphatic carbocycles. The van der Waals surface area contributed by atoms with Gasteiger partial charge in [0.05, 0.1) is 12.6 Å². The molecule has 1 unspecified atom stereocenters. The molecule has 1 aliphatic heterocycles. The van der Waals surface area contributed by atoms with Crippen molar-refractivity contribution in [1.29, 1.82) is 0 Å². The molecule has 2 N–H and O–H groups in total. The summed E-state index contributed by atoms with van der Waals surface area (Å²) >= 11 is 0. The summed E-state index contributed by atoms with van der Waals surface area (Å²) in [5, 5.41) is 5.90. The van der Waals surface area contributed by atoms with Crippen molar-refractivity contribution >= 4 is 11.8 Å². The molecule has 0 saturated carbocycles. The molecule has 20 heavy (non-hydrogen) atoms. The highest BCUT2D eigenvalue weighted by Crippen LogP contribution is 2.10. The number of carbonyl (C=O) groups excluding carboxylic acids is 2. The van der Waals surface area contributed by atoms with E-state index in [-0.39, 0.29) is 29.9 Å². The zero-order valence-corrected chi connectivity index (χ0v) is 13.3. The summed E-state index contributed by atoms with van der Waals surface area (Å²) in [5.41, 5.74) is -0.239. The molecule has 1 fully saturated rings. The molecule has 1 saturated heterocycles. The Morgan fingerprint density at radius 1 is 1.10 bits per heavy atom. The lowest BCUT2D eigenvalue weighted by Gasteiger charge is -2.25. The van der Waals surface area contributed by atoms with Crippen molar-refractivity contribution < 1.29 is 9.59 Å². The summed E-state index contributed by atoms with van der Waals surface area (Å²) in [6.07, 6.45) is 4.59. The van der Waals surface area contributed by atoms with E-state index < -0.39 is 0 Å². The normalized spacial score (nSPS) is 18.3. The molecule has 0 aromatic carbocycles. The number of nitrogens with one attached hydrogen (secondary N) is 2. The van der Waals surface area contributed by atoms with Crippen LogP contribution in [0, 0.1) is 0 Å². The lowest BCUT2D eigenvalue weighted by atomic mass is 10.1. The van der Waals surface area contributed by atoms with E-state index in [1.165, 1.54) is 12.8 Å². The molecule has 1 heterocycles. The number of hydrogen-bond donors (Lipinski definition) is 2. The number of hydrogen-bond acceptors (Lipinski definition) is 3. The Labute approximate surface area is 122 Å². The van der Waals surface area contributed by atoms with E-state index in [1.54, 1.807) is 0 Å². The molecule has 0 aromatic heterocycles. The van der Waals surface area contributed by atoms with E-state index in [0.29, 0.717) is 0 Å². The van der Waals surface area contributed by atoms with Crippen molar-refractivity contribution in [2.45, 2.75) is 65.0 Å². The van der Waals surface area contributed by atoms with Crippen LogP contribution in [0.5, 0.6) is 0 Å². The summed E-state index contributed by atoms with van der Waals surface area (Å²) in [5.74, 6) is 0.0310. The van der Waals surface area contributed by atoms with Gasteiger partial charge < -0.3 is 10.2 Å². The average Bonchev–Trinajstić information content (AvgIpc) is 2.61. The third-order valence-corrected chi connectivity index (χ3v) is 3.37. The molecular formula is C15H29N3O2. The topological polar surface area (TPSA) is 61.4 Å². The largest absolute Gasteiger partial charge is 0.350 e. The molecule has 5 nitrogen and oxygen atoms in total. The predicted octanol–water partition coefficient (Wildman–Crippen LogP) is 1.28. The summed E-state index contributed by atoms with van der Waals surface area (Å²) < 4.78 is 0. The quantitative estimate of drug-likeness (QED) is 0.817. The number of rotatable bonds is 4. The van der Waals surface area contributed by atoms with Gasteiger partial charge in [0.15, 0.2) is 0 Å². The van der Waals surface area contributed by atoms with Gasteiger partial charge in [0.2, 0.25) is 11.8 Å². The minimum atomic E-state index is -0.307. The van der Waals surface area contributed by atoms with Crippen molar-refractivity contribution in [3.63, 3.8) is 0 Å². The van der Waals surface area contributed by atoms with Crippen molar-refractivity contribution in [2.24, 2.45) is 0 Å². The van der Waals surface area contributed by atoms with Gasteiger partial charge in [0, 0.05) is 18.6 Å². The Balaban J connectivity index is 2.35. The van der Waals surface area contributed by atoms with Gasteiger partial charge in [-0.1, -0.05) is 12.8 Å². The molecule has 5 heteroatoms. The maximum Gasteiger partial charge on any atom is 0.239 e. The van der Waals surface area contributed by atoms with Gasteiger partial charge in [-0.2, -0.15) is 0 Å². The van der Waals surface area contributed by atoms with Crippen LogP contribution in [0.25, 0.3) is 0 Å². The fourth-order valence-corrected chi connectivity index (χ4v) is 2.36. The van der Waals surface area contributed by atoms with Crippen LogP contribution in [0.1, 0.15) is 53.4 Å². The van der Waals surface area contributed by atoms with Crippen molar-refractivity contribution in [2.75, 3.05) is 19.6 Å². The number of amides is 2. The van der Waals surface area contributed by atoms with Crippen LogP contribution in [0.4, 0.5) is 0 Å². The Hall–Kier alpha value is -1.10. The van der Waals surface area contributed by atoms with Crippen LogP contribution >= 0.6 is 0 Å². The van der Waals surface area contributed by atoms with E-state index in [9.17, 15) is 9.59 Å². The second-order valence-corrected chi connectivity index (χ2v) is 6.64. The first-order chi connectivity index (χ1) is 9.29. The molecule has 1 aliphatic rings. The zero-order chi connectivity index (χ0) is 15.2. The fraction of sp³-hybridized carbons (Fsp3) is 0.867. The molecule has 0 bridgehead atoms. The Morgan fingerprint density at radius 3 is 2.15 bits per heavy atom. The van der Waals surface area contributed by atoms with Gasteiger partial charge in [-0.15, -0.1) is 0 Å². The van der Waals surface area contributed by atoms with E-state index in [4.69, 9.17) is 0 Å². The standard InChI is InChI=1S/C15H29N3O2/c1-12(16-11-13(19)17-15(2,3)4)14(20)18-9-7-5-6-8-10-18/h12,16H,5-11H2,1-4H3,(H,17,19). The predicted molar refractivity (Wildman–Crippen MR) is 80.4 cm³/mol. The highest BCUT2D eigenvalue weighted by atomic mass is 16.2. The number of carbonyl (C=O) groups is 2. The molecular weight excluding hydrogens is 254 g/mol. The Kier molecular flexibility index (Phi) is 6.46. The van der Waals surface area contributed by atoms with Crippen LogP contribution in [0.15, 0.2) is 0 Å². The Bertz CT molecular complexity index is 329. The van der Waals surface area contributed by atoms with Gasteiger partial charge >= 0.3 is 0 Å². The number of likely N-dealkylation sites (tertiary alicyclic amines) is 1. The van der Waals surface area contributed by atoms with Crippen molar-refractivity contribution in [3.8, 4) is 0 Å². The molecule has 116 valence electrons. The first kappa shape index (κ1) is 17.0. The second kappa shape index (κ2) is 7.62. The molecule has 0 radical (unpaired) electrons. The first-order valence-electron chi connectivity index (χ1n) is 7.63. The monoisotopic (exact) mass is 283 g/mol. The summed E-state index contributed by atoms with van der Waals surface area (Å²) in [7, 11) is 0. The van der Waals surface area contributed by atoms with Crippen molar-refractivity contribution in [1.82, 2.24) is 15.5 Å². The minimum absolute atomic E-state index is 0.0759. The van der Waals surface area contributed by atoms with Crippen molar-refractivity contribution in [3.05, 3.63) is 0 Å². The van der Waals surface area contributed by atoms with Crippen LogP contribution in [0.2, 0.25) is 0 Å². The first-order valence-corrected chi connectivity index (χ1v) is 7.63. The Morgan fingerprint density at radius 2 is 1.65 bits per heavy atom. The lowest BCUT2D eigenvalue weighted by Crippen LogP contribution is -2.50. The van der Waals surface area contributed by atoms with Gasteiger partial charge in [-0.05, 0) is 40.5 Å². The van der Waals surface area contributed by atoms with Gasteiger partial charge in [-0.25, -0.2) is 0 Å². The summed E-state index contributed by atoms with van der Waals surface area (Å²) in [6, 6.07) is -0.307. The van der Waals surface area contributed by atoms with Gasteiger partial charge in [0.25, 0.3) is 0 Å². The molecule has 0 spiro atoms. The second-order valence-electron chi connectivity index (χ2n) is 6.64. The van der Waals surface area contributed by atoms with Crippen LogP contribution < -0.4 is 10.6 Å². The third-order valence-electron chi connectivity index (χ3n) is 3.37. The van der Waals surface area contributed by atoms with E-state index in [0.717, 1.165) is 25.9 Å². The molecule has 1 rings (SSSR count). The van der Waals surface area contributed by atoms with Crippen LogP contribution in [0.3, 0.4) is 0 Å². The van der Waals surface area contributed by atoms with Crippen LogP contribution in [-0.4, -0.2) is 47.9 Å². The molecule has 2 amide bonds. The number of nitrogens with zero attached hydrogens (tertiary/aromatic N) is 1. The summed E-state index contributed by atoms with van der Waals surface area (Å²) in [6.45, 7) is 9.53. The maximum absolute atomic E-state index is 12.3. The SMILES string of the molecule is CC(NCC(=O)NC(C)(C)C)C(=O)N1CCCCCC1. The zero-order valence-electron chi connectivity index (χ0n) is 13.3.